The van der Waals surface area contributed by atoms with E-state index in [1.807, 2.05) is 0 Å². The van der Waals surface area contributed by atoms with Crippen molar-refractivity contribution in [3.05, 3.63) is 59.5 Å². The van der Waals surface area contributed by atoms with Crippen molar-refractivity contribution in [2.45, 2.75) is 6.92 Å². The predicted octanol–water partition coefficient (Wildman–Crippen LogP) is 2.56. The number of nitrogens with one attached hydrogen (secondary N) is 2. The number of benzene rings is 1. The summed E-state index contributed by atoms with van der Waals surface area (Å²) in [5.74, 6) is 0.499. The lowest BCUT2D eigenvalue weighted by molar-refractivity contribution is 0.0602. The van der Waals surface area contributed by atoms with Gasteiger partial charge in [0.1, 0.15) is 5.76 Å². The minimum atomic E-state index is -0.547. The van der Waals surface area contributed by atoms with Crippen LogP contribution in [0.25, 0.3) is 0 Å². The van der Waals surface area contributed by atoms with E-state index in [1.165, 1.54) is 13.2 Å². The molecule has 3 rings (SSSR count). The first-order valence-electron chi connectivity index (χ1n) is 7.59. The molecule has 9 nitrogen and oxygen atoms in total. The summed E-state index contributed by atoms with van der Waals surface area (Å²) in [7, 11) is 1.27. The number of aromatic nitrogens is 3. The Balaban J connectivity index is 1.72. The molecular weight excluding hydrogens is 338 g/mol. The molecule has 1 amide bonds. The van der Waals surface area contributed by atoms with E-state index in [-0.39, 0.29) is 11.3 Å². The Kier molecular flexibility index (Phi) is 4.88. The largest absolute Gasteiger partial charge is 0.465 e. The highest BCUT2D eigenvalue weighted by atomic mass is 16.5. The minimum absolute atomic E-state index is 0.0894. The Morgan fingerprint density at radius 2 is 1.88 bits per heavy atom. The summed E-state index contributed by atoms with van der Waals surface area (Å²) in [5, 5.41) is 17.1. The third kappa shape index (κ3) is 3.83. The zero-order chi connectivity index (χ0) is 18.5. The van der Waals surface area contributed by atoms with Crippen molar-refractivity contribution in [2.75, 3.05) is 17.7 Å². The minimum Gasteiger partial charge on any atom is -0.465 e. The van der Waals surface area contributed by atoms with Gasteiger partial charge in [-0.05, 0) is 31.2 Å². The van der Waals surface area contributed by atoms with Gasteiger partial charge in [-0.25, -0.2) is 4.79 Å². The third-order valence-electron chi connectivity index (χ3n) is 3.36. The van der Waals surface area contributed by atoms with Crippen molar-refractivity contribution in [1.29, 1.82) is 0 Å². The molecular formula is C17H15N5O4. The molecule has 0 aliphatic carbocycles. The summed E-state index contributed by atoms with van der Waals surface area (Å²) in [4.78, 5) is 24.1. The van der Waals surface area contributed by atoms with Crippen molar-refractivity contribution >= 4 is 29.2 Å². The molecule has 9 heteroatoms. The van der Waals surface area contributed by atoms with Crippen molar-refractivity contribution in [3.63, 3.8) is 0 Å². The number of hydrogen-bond acceptors (Lipinski definition) is 8. The van der Waals surface area contributed by atoms with Gasteiger partial charge < -0.3 is 19.9 Å². The first kappa shape index (κ1) is 17.1. The van der Waals surface area contributed by atoms with Gasteiger partial charge in [-0.3, -0.25) is 4.79 Å². The SMILES string of the molecule is COC(=O)c1ccccc1NC(=O)c1ccc(Nc2cc(C)on2)nn1. The van der Waals surface area contributed by atoms with Crippen LogP contribution in [0.1, 0.15) is 26.6 Å². The summed E-state index contributed by atoms with van der Waals surface area (Å²) < 4.78 is 9.64. The molecule has 2 aromatic heterocycles. The van der Waals surface area contributed by atoms with Crippen LogP contribution < -0.4 is 10.6 Å². The van der Waals surface area contributed by atoms with Crippen molar-refractivity contribution in [2.24, 2.45) is 0 Å². The van der Waals surface area contributed by atoms with E-state index in [0.29, 0.717) is 23.1 Å². The van der Waals surface area contributed by atoms with Crippen LogP contribution in [0.3, 0.4) is 0 Å². The predicted molar refractivity (Wildman–Crippen MR) is 92.3 cm³/mol. The van der Waals surface area contributed by atoms with Gasteiger partial charge in [-0.15, -0.1) is 10.2 Å². The molecule has 0 atom stereocenters. The van der Waals surface area contributed by atoms with Gasteiger partial charge in [0.05, 0.1) is 18.4 Å². The molecule has 0 bridgehead atoms. The number of hydrogen-bond donors (Lipinski definition) is 2. The average Bonchev–Trinajstić information content (AvgIpc) is 3.07. The molecule has 0 unspecified atom stereocenters. The number of methoxy groups -OCH3 is 1. The second kappa shape index (κ2) is 7.43. The molecule has 0 fully saturated rings. The quantitative estimate of drug-likeness (QED) is 0.672. The Morgan fingerprint density at radius 3 is 2.54 bits per heavy atom. The van der Waals surface area contributed by atoms with Crippen molar-refractivity contribution in [1.82, 2.24) is 15.4 Å². The number of carbonyl (C=O) groups excluding carboxylic acids is 2. The summed E-state index contributed by atoms with van der Waals surface area (Å²) >= 11 is 0. The van der Waals surface area contributed by atoms with Gasteiger partial charge >= 0.3 is 5.97 Å². The maximum Gasteiger partial charge on any atom is 0.339 e. The van der Waals surface area contributed by atoms with E-state index in [0.717, 1.165) is 0 Å². The lowest BCUT2D eigenvalue weighted by atomic mass is 10.1. The number of rotatable bonds is 5. The number of aryl methyl sites for hydroxylation is 1. The molecule has 0 aliphatic rings. The van der Waals surface area contributed by atoms with Crippen LogP contribution in [-0.2, 0) is 4.74 Å². The van der Waals surface area contributed by atoms with Gasteiger partial charge in [-0.1, -0.05) is 17.3 Å². The second-order valence-corrected chi connectivity index (χ2v) is 5.24. The highest BCUT2D eigenvalue weighted by Crippen LogP contribution is 2.17. The number of para-hydroxylation sites is 1. The number of anilines is 3. The summed E-state index contributed by atoms with van der Waals surface area (Å²) in [6, 6.07) is 11.3. The van der Waals surface area contributed by atoms with Gasteiger partial charge in [0.2, 0.25) is 0 Å². The van der Waals surface area contributed by atoms with Crippen LogP contribution in [0, 0.1) is 6.92 Å². The molecule has 0 aliphatic heterocycles. The molecule has 0 radical (unpaired) electrons. The Labute approximate surface area is 148 Å². The highest BCUT2D eigenvalue weighted by Gasteiger charge is 2.15. The van der Waals surface area contributed by atoms with Crippen LogP contribution >= 0.6 is 0 Å². The Morgan fingerprint density at radius 1 is 1.08 bits per heavy atom. The van der Waals surface area contributed by atoms with E-state index in [1.54, 1.807) is 43.3 Å². The zero-order valence-corrected chi connectivity index (χ0v) is 14.0. The van der Waals surface area contributed by atoms with Crippen molar-refractivity contribution < 1.29 is 18.8 Å². The van der Waals surface area contributed by atoms with E-state index in [9.17, 15) is 9.59 Å². The molecule has 26 heavy (non-hydrogen) atoms. The smallest absolute Gasteiger partial charge is 0.339 e. The first-order chi connectivity index (χ1) is 12.6. The van der Waals surface area contributed by atoms with E-state index in [2.05, 4.69) is 26.0 Å². The number of ether oxygens (including phenoxy) is 1. The first-order valence-corrected chi connectivity index (χ1v) is 7.59. The van der Waals surface area contributed by atoms with Crippen LogP contribution in [0.4, 0.5) is 17.3 Å². The molecule has 0 saturated carbocycles. The fourth-order valence-corrected chi connectivity index (χ4v) is 2.14. The maximum atomic E-state index is 12.3. The zero-order valence-electron chi connectivity index (χ0n) is 14.0. The molecule has 132 valence electrons. The lowest BCUT2D eigenvalue weighted by Gasteiger charge is -2.09. The van der Waals surface area contributed by atoms with E-state index < -0.39 is 11.9 Å². The third-order valence-corrected chi connectivity index (χ3v) is 3.36. The number of esters is 1. The van der Waals surface area contributed by atoms with E-state index in [4.69, 9.17) is 9.26 Å². The summed E-state index contributed by atoms with van der Waals surface area (Å²) in [6.45, 7) is 1.77. The fraction of sp³-hybridized carbons (Fsp3) is 0.118. The van der Waals surface area contributed by atoms with Gasteiger partial charge in [0.25, 0.3) is 5.91 Å². The van der Waals surface area contributed by atoms with Gasteiger partial charge in [-0.2, -0.15) is 0 Å². The molecule has 1 aromatic carbocycles. The average molecular weight is 353 g/mol. The highest BCUT2D eigenvalue weighted by molar-refractivity contribution is 6.07. The summed E-state index contributed by atoms with van der Waals surface area (Å²) in [6.07, 6.45) is 0. The van der Waals surface area contributed by atoms with E-state index >= 15 is 0 Å². The summed E-state index contributed by atoms with van der Waals surface area (Å²) in [5.41, 5.74) is 0.661. The standard InChI is InChI=1S/C17H15N5O4/c1-10-9-15(22-26-10)19-14-8-7-13(20-21-14)16(23)18-12-6-4-3-5-11(12)17(24)25-2/h3-9H,1-2H3,(H,18,23)(H,19,21,22). The van der Waals surface area contributed by atoms with Crippen LogP contribution in [0.2, 0.25) is 0 Å². The number of nitrogens with zero attached hydrogens (tertiary/aromatic N) is 3. The lowest BCUT2D eigenvalue weighted by Crippen LogP contribution is -2.17. The Bertz CT molecular complexity index is 936. The normalized spacial score (nSPS) is 10.2. The van der Waals surface area contributed by atoms with Gasteiger partial charge in [0, 0.05) is 6.07 Å². The molecule has 2 heterocycles. The molecule has 0 saturated heterocycles. The number of carbonyl (C=O) groups is 2. The monoisotopic (exact) mass is 353 g/mol. The topological polar surface area (TPSA) is 119 Å². The molecule has 0 spiro atoms. The fourth-order valence-electron chi connectivity index (χ4n) is 2.14. The maximum absolute atomic E-state index is 12.3. The number of amides is 1. The van der Waals surface area contributed by atoms with Crippen LogP contribution in [-0.4, -0.2) is 34.3 Å². The molecule has 3 aromatic rings. The van der Waals surface area contributed by atoms with Gasteiger partial charge in [0.15, 0.2) is 17.3 Å². The molecule has 2 N–H and O–H groups in total. The van der Waals surface area contributed by atoms with Crippen LogP contribution in [0.15, 0.2) is 47.0 Å². The second-order valence-electron chi connectivity index (χ2n) is 5.24. The van der Waals surface area contributed by atoms with Crippen molar-refractivity contribution in [3.8, 4) is 0 Å². The van der Waals surface area contributed by atoms with Crippen LogP contribution in [0.5, 0.6) is 0 Å². The Hall–Kier alpha value is -3.75.